The molecular weight excluding hydrogens is 390 g/mol. The molecule has 150 valence electrons. The van der Waals surface area contributed by atoms with Crippen molar-refractivity contribution < 1.29 is 13.6 Å². The average Bonchev–Trinajstić information content (AvgIpc) is 3.51. The molecule has 0 bridgehead atoms. The first-order valence-electron chi connectivity index (χ1n) is 9.70. The molecule has 2 aliphatic heterocycles. The number of thiophene rings is 1. The molecular formula is C20H21N5O3S. The predicted octanol–water partition coefficient (Wildman–Crippen LogP) is 3.55. The summed E-state index contributed by atoms with van der Waals surface area (Å²) in [5.41, 5.74) is 0.917. The summed E-state index contributed by atoms with van der Waals surface area (Å²) < 4.78 is 11.2. The molecule has 0 N–H and O–H groups in total. The number of hydrogen-bond donors (Lipinski definition) is 0. The van der Waals surface area contributed by atoms with Crippen molar-refractivity contribution in [2.45, 2.75) is 38.3 Å². The van der Waals surface area contributed by atoms with Crippen molar-refractivity contribution in [1.82, 2.24) is 20.1 Å². The maximum absolute atomic E-state index is 13.3. The van der Waals surface area contributed by atoms with Gasteiger partial charge in [0.25, 0.3) is 5.91 Å². The minimum Gasteiger partial charge on any atom is -0.467 e. The quantitative estimate of drug-likeness (QED) is 0.638. The van der Waals surface area contributed by atoms with E-state index in [0.717, 1.165) is 35.7 Å². The highest BCUT2D eigenvalue weighted by Crippen LogP contribution is 2.35. The molecule has 1 saturated heterocycles. The first-order chi connectivity index (χ1) is 14.2. The highest BCUT2D eigenvalue weighted by atomic mass is 32.1. The molecule has 3 aromatic heterocycles. The molecule has 5 heterocycles. The summed E-state index contributed by atoms with van der Waals surface area (Å²) in [7, 11) is 0. The minimum atomic E-state index is -0.221. The fourth-order valence-electron chi connectivity index (χ4n) is 4.02. The zero-order valence-electron chi connectivity index (χ0n) is 16.0. The van der Waals surface area contributed by atoms with Crippen molar-refractivity contribution >= 4 is 23.0 Å². The van der Waals surface area contributed by atoms with Crippen molar-refractivity contribution in [2.24, 2.45) is 5.10 Å². The normalized spacial score (nSPS) is 22.4. The average molecular weight is 411 g/mol. The van der Waals surface area contributed by atoms with Crippen LogP contribution in [0, 0.1) is 6.92 Å². The Morgan fingerprint density at radius 1 is 1.28 bits per heavy atom. The van der Waals surface area contributed by atoms with Crippen molar-refractivity contribution in [2.75, 3.05) is 13.1 Å². The molecule has 2 aliphatic rings. The Morgan fingerprint density at radius 2 is 2.21 bits per heavy atom. The largest absolute Gasteiger partial charge is 0.467 e. The van der Waals surface area contributed by atoms with Gasteiger partial charge in [-0.2, -0.15) is 5.10 Å². The second-order valence-corrected chi connectivity index (χ2v) is 8.23. The van der Waals surface area contributed by atoms with Crippen LogP contribution in [0.1, 0.15) is 53.8 Å². The number of furan rings is 1. The summed E-state index contributed by atoms with van der Waals surface area (Å²) in [5.74, 6) is 1.82. The topological polar surface area (TPSA) is 88.0 Å². The van der Waals surface area contributed by atoms with Crippen LogP contribution in [0.5, 0.6) is 0 Å². The Labute approximate surface area is 171 Å². The van der Waals surface area contributed by atoms with Gasteiger partial charge in [-0.1, -0.05) is 6.07 Å². The van der Waals surface area contributed by atoms with Gasteiger partial charge in [0.1, 0.15) is 11.8 Å². The number of nitrogens with zero attached hydrogens (tertiary/aromatic N) is 5. The number of aryl methyl sites for hydroxylation is 1. The molecule has 0 aromatic carbocycles. The highest BCUT2D eigenvalue weighted by Gasteiger charge is 2.38. The van der Waals surface area contributed by atoms with Gasteiger partial charge in [0, 0.05) is 13.3 Å². The van der Waals surface area contributed by atoms with Gasteiger partial charge >= 0.3 is 0 Å². The van der Waals surface area contributed by atoms with E-state index in [1.165, 1.54) is 0 Å². The van der Waals surface area contributed by atoms with E-state index in [-0.39, 0.29) is 24.5 Å². The molecule has 0 unspecified atom stereocenters. The van der Waals surface area contributed by atoms with Crippen LogP contribution in [0.15, 0.2) is 49.8 Å². The van der Waals surface area contributed by atoms with Crippen LogP contribution in [-0.2, 0) is 4.79 Å². The molecule has 0 spiro atoms. The molecule has 2 atom stereocenters. The monoisotopic (exact) mass is 411 g/mol. The Kier molecular flexibility index (Phi) is 4.76. The second-order valence-electron chi connectivity index (χ2n) is 7.29. The van der Waals surface area contributed by atoms with Gasteiger partial charge in [-0.15, -0.1) is 21.5 Å². The van der Waals surface area contributed by atoms with Gasteiger partial charge in [0.15, 0.2) is 0 Å². The van der Waals surface area contributed by atoms with Crippen molar-refractivity contribution in [3.05, 3.63) is 58.3 Å². The summed E-state index contributed by atoms with van der Waals surface area (Å²) in [6.45, 7) is 2.85. The third kappa shape index (κ3) is 3.51. The van der Waals surface area contributed by atoms with Crippen LogP contribution in [0.25, 0.3) is 0 Å². The SMILES string of the molecule is Cc1nnc([C@@H]2CCCN2CC(=O)N2N=C(c3cccs3)C[C@@H]2c2ccco2)o1. The van der Waals surface area contributed by atoms with Crippen LogP contribution in [-0.4, -0.2) is 44.8 Å². The molecule has 1 fully saturated rings. The van der Waals surface area contributed by atoms with E-state index in [9.17, 15) is 4.79 Å². The number of carbonyl (C=O) groups excluding carboxylic acids is 1. The van der Waals surface area contributed by atoms with Gasteiger partial charge < -0.3 is 8.83 Å². The number of rotatable bonds is 5. The van der Waals surface area contributed by atoms with Crippen molar-refractivity contribution in [3.63, 3.8) is 0 Å². The lowest BCUT2D eigenvalue weighted by Gasteiger charge is -2.25. The standard InChI is InChI=1S/C20H21N5O3S/c1-13-21-22-20(28-13)15-5-2-8-24(15)12-19(26)25-16(17-6-3-9-27-17)11-14(23-25)18-7-4-10-29-18/h3-4,6-7,9-10,15-16H,2,5,8,11-12H2,1H3/t15-,16+/m0/s1. The lowest BCUT2D eigenvalue weighted by atomic mass is 10.1. The van der Waals surface area contributed by atoms with Crippen LogP contribution in [0.2, 0.25) is 0 Å². The van der Waals surface area contributed by atoms with Crippen LogP contribution >= 0.6 is 11.3 Å². The summed E-state index contributed by atoms with van der Waals surface area (Å²) in [5, 5.41) is 16.4. The zero-order chi connectivity index (χ0) is 19.8. The minimum absolute atomic E-state index is 0.0226. The van der Waals surface area contributed by atoms with Crippen LogP contribution < -0.4 is 0 Å². The van der Waals surface area contributed by atoms with Crippen molar-refractivity contribution in [3.8, 4) is 0 Å². The molecule has 5 rings (SSSR count). The first-order valence-corrected chi connectivity index (χ1v) is 10.6. The lowest BCUT2D eigenvalue weighted by Crippen LogP contribution is -2.38. The van der Waals surface area contributed by atoms with E-state index in [2.05, 4.69) is 20.2 Å². The number of hydrazone groups is 1. The molecule has 0 aliphatic carbocycles. The predicted molar refractivity (Wildman–Crippen MR) is 106 cm³/mol. The van der Waals surface area contributed by atoms with Gasteiger partial charge in [-0.05, 0) is 43.0 Å². The molecule has 9 heteroatoms. The zero-order valence-corrected chi connectivity index (χ0v) is 16.8. The Morgan fingerprint density at radius 3 is 2.93 bits per heavy atom. The fourth-order valence-corrected chi connectivity index (χ4v) is 4.74. The summed E-state index contributed by atoms with van der Waals surface area (Å²) >= 11 is 1.63. The van der Waals surface area contributed by atoms with E-state index in [1.807, 2.05) is 29.6 Å². The third-order valence-corrected chi connectivity index (χ3v) is 6.29. The Hall–Kier alpha value is -2.78. The lowest BCUT2D eigenvalue weighted by molar-refractivity contribution is -0.134. The van der Waals surface area contributed by atoms with Gasteiger partial charge in [-0.25, -0.2) is 5.01 Å². The molecule has 1 amide bonds. The third-order valence-electron chi connectivity index (χ3n) is 5.37. The van der Waals surface area contributed by atoms with E-state index < -0.39 is 0 Å². The first kappa shape index (κ1) is 18.3. The van der Waals surface area contributed by atoms with Crippen LogP contribution in [0.3, 0.4) is 0 Å². The summed E-state index contributed by atoms with van der Waals surface area (Å²) in [6, 6.07) is 7.53. The highest BCUT2D eigenvalue weighted by molar-refractivity contribution is 7.12. The Balaban J connectivity index is 1.37. The smallest absolute Gasteiger partial charge is 0.257 e. The molecule has 29 heavy (non-hydrogen) atoms. The van der Waals surface area contributed by atoms with E-state index >= 15 is 0 Å². The molecule has 3 aromatic rings. The maximum atomic E-state index is 13.3. The number of carbonyl (C=O) groups is 1. The van der Waals surface area contributed by atoms with E-state index in [1.54, 1.807) is 29.5 Å². The van der Waals surface area contributed by atoms with E-state index in [4.69, 9.17) is 8.83 Å². The van der Waals surface area contributed by atoms with Gasteiger partial charge in [0.05, 0.1) is 29.4 Å². The number of hydrogen-bond acceptors (Lipinski definition) is 8. The Bertz CT molecular complexity index is 1010. The van der Waals surface area contributed by atoms with Gasteiger partial charge in [0.2, 0.25) is 11.8 Å². The maximum Gasteiger partial charge on any atom is 0.257 e. The number of amides is 1. The number of likely N-dealkylation sites (tertiary alicyclic amines) is 1. The summed E-state index contributed by atoms with van der Waals surface area (Å²) in [6.07, 6.45) is 4.17. The summed E-state index contributed by atoms with van der Waals surface area (Å²) in [4.78, 5) is 16.5. The molecule has 8 nitrogen and oxygen atoms in total. The van der Waals surface area contributed by atoms with E-state index in [0.29, 0.717) is 18.2 Å². The van der Waals surface area contributed by atoms with Crippen LogP contribution in [0.4, 0.5) is 0 Å². The molecule has 0 saturated carbocycles. The molecule has 0 radical (unpaired) electrons. The number of aromatic nitrogens is 2. The van der Waals surface area contributed by atoms with Gasteiger partial charge in [-0.3, -0.25) is 9.69 Å². The van der Waals surface area contributed by atoms with Crippen molar-refractivity contribution in [1.29, 1.82) is 0 Å². The second kappa shape index (κ2) is 7.57. The fraction of sp³-hybridized carbons (Fsp3) is 0.400.